The fraction of sp³-hybridized carbons (Fsp3) is 0.643. The number of carbonyl (C=O) groups is 1. The molecule has 0 aromatic carbocycles. The molecule has 3 N–H and O–H groups in total. The van der Waals surface area contributed by atoms with E-state index in [9.17, 15) is 18.0 Å². The van der Waals surface area contributed by atoms with E-state index in [-0.39, 0.29) is 47.4 Å². The van der Waals surface area contributed by atoms with Crippen LogP contribution in [0.25, 0.3) is 0 Å². The monoisotopic (exact) mass is 493 g/mol. The van der Waals surface area contributed by atoms with Crippen LogP contribution in [0.3, 0.4) is 0 Å². The Morgan fingerprint density at radius 1 is 1.28 bits per heavy atom. The van der Waals surface area contributed by atoms with Gasteiger partial charge >= 0.3 is 6.18 Å². The lowest BCUT2D eigenvalue weighted by atomic mass is 10.2. The van der Waals surface area contributed by atoms with Crippen LogP contribution in [0.15, 0.2) is 10.4 Å². The maximum Gasteiger partial charge on any atom is 0.434 e. The summed E-state index contributed by atoms with van der Waals surface area (Å²) >= 11 is 0.921. The molecule has 0 fully saturated rings. The highest BCUT2D eigenvalue weighted by Crippen LogP contribution is 2.30. The van der Waals surface area contributed by atoms with Crippen molar-refractivity contribution in [3.63, 3.8) is 0 Å². The van der Waals surface area contributed by atoms with Gasteiger partial charge in [-0.3, -0.25) is 4.79 Å². The fourth-order valence-electron chi connectivity index (χ4n) is 1.57. The Morgan fingerprint density at radius 3 is 2.44 bits per heavy atom. The lowest BCUT2D eigenvalue weighted by Gasteiger charge is -2.12. The van der Waals surface area contributed by atoms with Gasteiger partial charge in [-0.15, -0.1) is 35.3 Å². The largest absolute Gasteiger partial charge is 0.434 e. The van der Waals surface area contributed by atoms with E-state index in [4.69, 9.17) is 0 Å². The zero-order valence-electron chi connectivity index (χ0n) is 14.2. The summed E-state index contributed by atoms with van der Waals surface area (Å²) in [6.45, 7) is 7.02. The second kappa shape index (κ2) is 11.5. The zero-order valence-corrected chi connectivity index (χ0v) is 17.4. The number of guanidine groups is 1. The van der Waals surface area contributed by atoms with E-state index in [0.717, 1.165) is 16.7 Å². The topological polar surface area (TPSA) is 78.4 Å². The Labute approximate surface area is 166 Å². The van der Waals surface area contributed by atoms with Crippen LogP contribution in [-0.4, -0.2) is 36.5 Å². The SMILES string of the molecule is CCNC(=NCc1nc(C(F)(F)F)cs1)NCCNC(=O)C(C)C.I. The van der Waals surface area contributed by atoms with E-state index in [1.807, 2.05) is 6.92 Å². The van der Waals surface area contributed by atoms with E-state index in [1.54, 1.807) is 13.8 Å². The summed E-state index contributed by atoms with van der Waals surface area (Å²) in [5.41, 5.74) is -0.896. The van der Waals surface area contributed by atoms with Gasteiger partial charge in [0, 0.05) is 30.9 Å². The van der Waals surface area contributed by atoms with Gasteiger partial charge in [0.25, 0.3) is 0 Å². The maximum atomic E-state index is 12.5. The van der Waals surface area contributed by atoms with Crippen molar-refractivity contribution in [1.82, 2.24) is 20.9 Å². The number of hydrogen-bond acceptors (Lipinski definition) is 4. The molecule has 144 valence electrons. The highest BCUT2D eigenvalue weighted by molar-refractivity contribution is 14.0. The lowest BCUT2D eigenvalue weighted by Crippen LogP contribution is -2.42. The molecular formula is C14H23F3IN5OS. The minimum absolute atomic E-state index is 0. The Hall–Kier alpha value is -1.11. The number of thiazole rings is 1. The molecule has 0 aliphatic heterocycles. The molecule has 0 aliphatic rings. The quantitative estimate of drug-likeness (QED) is 0.236. The molecule has 0 bridgehead atoms. The number of alkyl halides is 3. The predicted octanol–water partition coefficient (Wildman–Crippen LogP) is 2.61. The van der Waals surface area contributed by atoms with Crippen molar-refractivity contribution in [2.45, 2.75) is 33.5 Å². The highest BCUT2D eigenvalue weighted by Gasteiger charge is 2.33. The molecule has 0 spiro atoms. The first-order valence-electron chi connectivity index (χ1n) is 7.55. The van der Waals surface area contributed by atoms with Gasteiger partial charge in [-0.2, -0.15) is 13.2 Å². The van der Waals surface area contributed by atoms with Crippen LogP contribution in [0, 0.1) is 5.92 Å². The van der Waals surface area contributed by atoms with E-state index in [0.29, 0.717) is 25.6 Å². The Bertz CT molecular complexity index is 563. The Morgan fingerprint density at radius 2 is 1.92 bits per heavy atom. The Balaban J connectivity index is 0.00000576. The molecule has 0 aliphatic carbocycles. The van der Waals surface area contributed by atoms with E-state index in [2.05, 4.69) is 25.9 Å². The van der Waals surface area contributed by atoms with Gasteiger partial charge in [-0.05, 0) is 6.92 Å². The number of rotatable bonds is 7. The second-order valence-corrected chi connectivity index (χ2v) is 6.13. The van der Waals surface area contributed by atoms with Gasteiger partial charge in [0.1, 0.15) is 5.01 Å². The maximum absolute atomic E-state index is 12.5. The average Bonchev–Trinajstić information content (AvgIpc) is 2.97. The predicted molar refractivity (Wildman–Crippen MR) is 103 cm³/mol. The number of aromatic nitrogens is 1. The summed E-state index contributed by atoms with van der Waals surface area (Å²) in [4.78, 5) is 19.1. The molecule has 1 heterocycles. The minimum atomic E-state index is -4.43. The number of amides is 1. The normalized spacial score (nSPS) is 11.9. The third-order valence-corrected chi connectivity index (χ3v) is 3.63. The lowest BCUT2D eigenvalue weighted by molar-refractivity contribution is -0.140. The first-order chi connectivity index (χ1) is 11.2. The summed E-state index contributed by atoms with van der Waals surface area (Å²) in [6, 6.07) is 0. The van der Waals surface area contributed by atoms with Crippen LogP contribution in [0.4, 0.5) is 13.2 Å². The van der Waals surface area contributed by atoms with Crippen molar-refractivity contribution in [2.24, 2.45) is 10.9 Å². The second-order valence-electron chi connectivity index (χ2n) is 5.19. The van der Waals surface area contributed by atoms with Crippen molar-refractivity contribution in [2.75, 3.05) is 19.6 Å². The number of nitrogens with one attached hydrogen (secondary N) is 3. The molecule has 25 heavy (non-hydrogen) atoms. The van der Waals surface area contributed by atoms with Gasteiger partial charge in [0.2, 0.25) is 5.91 Å². The number of nitrogens with zero attached hydrogens (tertiary/aromatic N) is 2. The van der Waals surface area contributed by atoms with Crippen molar-refractivity contribution in [3.05, 3.63) is 16.1 Å². The summed E-state index contributed by atoms with van der Waals surface area (Å²) in [7, 11) is 0. The summed E-state index contributed by atoms with van der Waals surface area (Å²) in [5, 5.41) is 10.0. The molecule has 0 saturated carbocycles. The van der Waals surface area contributed by atoms with Crippen LogP contribution < -0.4 is 16.0 Å². The average molecular weight is 493 g/mol. The molecule has 11 heteroatoms. The summed E-state index contributed by atoms with van der Waals surface area (Å²) < 4.78 is 37.5. The van der Waals surface area contributed by atoms with Crippen molar-refractivity contribution in [1.29, 1.82) is 0 Å². The van der Waals surface area contributed by atoms with Gasteiger partial charge in [0.15, 0.2) is 11.7 Å². The van der Waals surface area contributed by atoms with Crippen molar-refractivity contribution < 1.29 is 18.0 Å². The molecule has 0 unspecified atom stereocenters. The number of halogens is 4. The standard InChI is InChI=1S/C14H22F3N5OS.HI/c1-4-18-13(20-6-5-19-12(23)9(2)3)21-7-11-22-10(8-24-11)14(15,16)17;/h8-9H,4-7H2,1-3H3,(H,19,23)(H2,18,20,21);1H. The van der Waals surface area contributed by atoms with Gasteiger partial charge in [-0.1, -0.05) is 13.8 Å². The zero-order chi connectivity index (χ0) is 18.2. The van der Waals surface area contributed by atoms with Crippen LogP contribution in [0.2, 0.25) is 0 Å². The van der Waals surface area contributed by atoms with Crippen LogP contribution in [0.1, 0.15) is 31.5 Å². The summed E-state index contributed by atoms with van der Waals surface area (Å²) in [5.74, 6) is 0.334. The number of carbonyl (C=O) groups excluding carboxylic acids is 1. The van der Waals surface area contributed by atoms with Crippen LogP contribution in [0.5, 0.6) is 0 Å². The molecular weight excluding hydrogens is 470 g/mol. The van der Waals surface area contributed by atoms with E-state index >= 15 is 0 Å². The van der Waals surface area contributed by atoms with Gasteiger partial charge < -0.3 is 16.0 Å². The summed E-state index contributed by atoms with van der Waals surface area (Å²) in [6.07, 6.45) is -4.43. The van der Waals surface area contributed by atoms with Crippen molar-refractivity contribution in [3.8, 4) is 0 Å². The molecule has 0 atom stereocenters. The van der Waals surface area contributed by atoms with Gasteiger partial charge in [-0.25, -0.2) is 9.98 Å². The first kappa shape index (κ1) is 23.9. The third-order valence-electron chi connectivity index (χ3n) is 2.80. The third kappa shape index (κ3) is 9.23. The Kier molecular flexibility index (Phi) is 11.0. The molecule has 6 nitrogen and oxygen atoms in total. The smallest absolute Gasteiger partial charge is 0.357 e. The molecule has 0 saturated heterocycles. The van der Waals surface area contributed by atoms with E-state index in [1.165, 1.54) is 0 Å². The minimum Gasteiger partial charge on any atom is -0.357 e. The molecule has 0 radical (unpaired) electrons. The first-order valence-corrected chi connectivity index (χ1v) is 8.43. The molecule has 1 aromatic heterocycles. The number of hydrogen-bond donors (Lipinski definition) is 3. The van der Waals surface area contributed by atoms with Crippen LogP contribution in [-0.2, 0) is 17.5 Å². The van der Waals surface area contributed by atoms with E-state index < -0.39 is 11.9 Å². The highest BCUT2D eigenvalue weighted by atomic mass is 127. The molecule has 1 rings (SSSR count). The fourth-order valence-corrected chi connectivity index (χ4v) is 2.30. The molecule has 1 aromatic rings. The van der Waals surface area contributed by atoms with Gasteiger partial charge in [0.05, 0.1) is 6.54 Å². The van der Waals surface area contributed by atoms with Crippen LogP contribution >= 0.6 is 35.3 Å². The number of aliphatic imine (C=N–C) groups is 1. The molecule has 1 amide bonds. The van der Waals surface area contributed by atoms with Crippen molar-refractivity contribution >= 4 is 47.2 Å².